The molecule has 2 heterocycles. The van der Waals surface area contributed by atoms with E-state index in [1.165, 1.54) is 18.9 Å². The van der Waals surface area contributed by atoms with Gasteiger partial charge in [-0.2, -0.15) is 0 Å². The van der Waals surface area contributed by atoms with Crippen molar-refractivity contribution in [2.75, 3.05) is 13.1 Å². The summed E-state index contributed by atoms with van der Waals surface area (Å²) in [5, 5.41) is 2.80. The minimum atomic E-state index is -0.360. The Morgan fingerprint density at radius 3 is 2.54 bits per heavy atom. The van der Waals surface area contributed by atoms with Gasteiger partial charge in [0.1, 0.15) is 6.10 Å². The first kappa shape index (κ1) is 24.2. The van der Waals surface area contributed by atoms with Crippen LogP contribution in [-0.4, -0.2) is 45.9 Å². The molecule has 35 heavy (non-hydrogen) atoms. The molecular weight excluding hydrogens is 444 g/mol. The molecule has 8 nitrogen and oxygen atoms in total. The van der Waals surface area contributed by atoms with Gasteiger partial charge in [0, 0.05) is 49.2 Å². The van der Waals surface area contributed by atoms with E-state index in [1.54, 1.807) is 36.2 Å². The van der Waals surface area contributed by atoms with Gasteiger partial charge in [0.25, 0.3) is 11.8 Å². The number of nitrogens with zero attached hydrogens (tertiary/aromatic N) is 2. The average Bonchev–Trinajstić information content (AvgIpc) is 3.36. The van der Waals surface area contributed by atoms with Gasteiger partial charge < -0.3 is 19.9 Å². The number of carbonyl (C=O) groups is 2. The van der Waals surface area contributed by atoms with Gasteiger partial charge in [0.15, 0.2) is 0 Å². The summed E-state index contributed by atoms with van der Waals surface area (Å²) < 4.78 is 5.91. The lowest BCUT2D eigenvalue weighted by Crippen LogP contribution is -2.38. The Labute approximate surface area is 204 Å². The second-order valence-electron chi connectivity index (χ2n) is 8.79. The second kappa shape index (κ2) is 11.5. The Hall–Kier alpha value is -3.94. The van der Waals surface area contributed by atoms with Crippen LogP contribution >= 0.6 is 0 Å². The van der Waals surface area contributed by atoms with Gasteiger partial charge in [-0.25, -0.2) is 4.98 Å². The third-order valence-corrected chi connectivity index (χ3v) is 5.98. The quantitative estimate of drug-likeness (QED) is 0.494. The minimum absolute atomic E-state index is 0.185. The van der Waals surface area contributed by atoms with Crippen LogP contribution in [0.25, 0.3) is 0 Å². The third-order valence-electron chi connectivity index (χ3n) is 5.98. The zero-order chi connectivity index (χ0) is 24.6. The monoisotopic (exact) mass is 474 g/mol. The van der Waals surface area contributed by atoms with Crippen LogP contribution in [0, 0.1) is 6.92 Å². The molecule has 8 heteroatoms. The Morgan fingerprint density at radius 2 is 1.86 bits per heavy atom. The zero-order valence-corrected chi connectivity index (χ0v) is 19.8. The van der Waals surface area contributed by atoms with Crippen molar-refractivity contribution in [3.05, 3.63) is 93.5 Å². The van der Waals surface area contributed by atoms with Crippen molar-refractivity contribution < 1.29 is 14.3 Å². The molecule has 2 N–H and O–H groups in total. The van der Waals surface area contributed by atoms with Gasteiger partial charge in [-0.3, -0.25) is 14.4 Å². The number of carbonyl (C=O) groups excluding carboxylic acids is 2. The fourth-order valence-electron chi connectivity index (χ4n) is 4.21. The first-order chi connectivity index (χ1) is 17.0. The SMILES string of the molecule is Cc1cc(C(=O)NCCN(Cc2ccccc2)C(=O)c2ccc(OC3CCCC3)nc2)cc(=O)[nH]1. The van der Waals surface area contributed by atoms with E-state index in [1.807, 2.05) is 30.3 Å². The molecule has 0 radical (unpaired) electrons. The topological polar surface area (TPSA) is 104 Å². The summed E-state index contributed by atoms with van der Waals surface area (Å²) >= 11 is 0. The van der Waals surface area contributed by atoms with Crippen molar-refractivity contribution in [3.8, 4) is 5.88 Å². The first-order valence-corrected chi connectivity index (χ1v) is 11.9. The van der Waals surface area contributed by atoms with Gasteiger partial charge in [0.2, 0.25) is 11.4 Å². The van der Waals surface area contributed by atoms with Crippen molar-refractivity contribution in [2.45, 2.75) is 45.3 Å². The summed E-state index contributed by atoms with van der Waals surface area (Å²) in [5.41, 5.74) is 2.00. The fourth-order valence-corrected chi connectivity index (χ4v) is 4.21. The van der Waals surface area contributed by atoms with Crippen LogP contribution in [0.2, 0.25) is 0 Å². The number of ether oxygens (including phenoxy) is 1. The average molecular weight is 475 g/mol. The third kappa shape index (κ3) is 6.79. The molecule has 2 amide bonds. The molecule has 0 unspecified atom stereocenters. The molecule has 0 aliphatic heterocycles. The van der Waals surface area contributed by atoms with E-state index >= 15 is 0 Å². The molecule has 4 rings (SSSR count). The largest absolute Gasteiger partial charge is 0.474 e. The summed E-state index contributed by atoms with van der Waals surface area (Å²) in [5.74, 6) is -0.0140. The van der Waals surface area contributed by atoms with E-state index in [0.29, 0.717) is 30.2 Å². The number of benzene rings is 1. The highest BCUT2D eigenvalue weighted by Gasteiger charge is 2.20. The molecule has 1 aliphatic carbocycles. The van der Waals surface area contributed by atoms with Crippen molar-refractivity contribution in [3.63, 3.8) is 0 Å². The van der Waals surface area contributed by atoms with E-state index in [4.69, 9.17) is 4.74 Å². The fraction of sp³-hybridized carbons (Fsp3) is 0.333. The Bertz CT molecular complexity index is 1200. The molecule has 1 fully saturated rings. The highest BCUT2D eigenvalue weighted by Crippen LogP contribution is 2.23. The molecule has 1 aromatic carbocycles. The number of hydrogen-bond acceptors (Lipinski definition) is 5. The number of hydrogen-bond donors (Lipinski definition) is 2. The number of pyridine rings is 2. The van der Waals surface area contributed by atoms with E-state index in [2.05, 4.69) is 15.3 Å². The molecule has 1 aliphatic rings. The Morgan fingerprint density at radius 1 is 1.09 bits per heavy atom. The maximum absolute atomic E-state index is 13.3. The van der Waals surface area contributed by atoms with E-state index in [0.717, 1.165) is 18.4 Å². The smallest absolute Gasteiger partial charge is 0.255 e. The number of aryl methyl sites for hydroxylation is 1. The van der Waals surface area contributed by atoms with Crippen molar-refractivity contribution in [2.24, 2.45) is 0 Å². The predicted octanol–water partition coefficient (Wildman–Crippen LogP) is 3.47. The van der Waals surface area contributed by atoms with Crippen molar-refractivity contribution in [1.82, 2.24) is 20.2 Å². The molecule has 3 aromatic rings. The lowest BCUT2D eigenvalue weighted by atomic mass is 10.2. The molecule has 182 valence electrons. The van der Waals surface area contributed by atoms with Crippen LogP contribution in [0.4, 0.5) is 0 Å². The number of amides is 2. The van der Waals surface area contributed by atoms with Gasteiger partial charge in [0.05, 0.1) is 5.56 Å². The van der Waals surface area contributed by atoms with E-state index < -0.39 is 0 Å². The number of aromatic nitrogens is 2. The summed E-state index contributed by atoms with van der Waals surface area (Å²) in [6.07, 6.45) is 6.17. The molecule has 0 spiro atoms. The molecular formula is C27H30N4O4. The second-order valence-corrected chi connectivity index (χ2v) is 8.79. The zero-order valence-electron chi connectivity index (χ0n) is 19.8. The molecule has 1 saturated carbocycles. The maximum atomic E-state index is 13.3. The van der Waals surface area contributed by atoms with Crippen LogP contribution in [-0.2, 0) is 6.54 Å². The summed E-state index contributed by atoms with van der Waals surface area (Å²) in [6, 6.07) is 16.0. The van der Waals surface area contributed by atoms with E-state index in [9.17, 15) is 14.4 Å². The maximum Gasteiger partial charge on any atom is 0.255 e. The number of aromatic amines is 1. The Balaban J connectivity index is 1.42. The molecule has 0 atom stereocenters. The van der Waals surface area contributed by atoms with Crippen LogP contribution < -0.4 is 15.6 Å². The Kier molecular flexibility index (Phi) is 7.92. The number of nitrogens with one attached hydrogen (secondary N) is 2. The molecule has 0 bridgehead atoms. The van der Waals surface area contributed by atoms with Gasteiger partial charge in [-0.05, 0) is 50.3 Å². The van der Waals surface area contributed by atoms with Crippen molar-refractivity contribution in [1.29, 1.82) is 0 Å². The van der Waals surface area contributed by atoms with Gasteiger partial charge >= 0.3 is 0 Å². The van der Waals surface area contributed by atoms with Gasteiger partial charge in [-0.1, -0.05) is 30.3 Å². The van der Waals surface area contributed by atoms with Gasteiger partial charge in [-0.15, -0.1) is 0 Å². The first-order valence-electron chi connectivity index (χ1n) is 11.9. The van der Waals surface area contributed by atoms with Crippen LogP contribution in [0.5, 0.6) is 5.88 Å². The lowest BCUT2D eigenvalue weighted by Gasteiger charge is -2.23. The standard InChI is InChI=1S/C27H30N4O4/c1-19-15-22(16-24(32)30-19)26(33)28-13-14-31(18-20-7-3-2-4-8-20)27(34)21-11-12-25(29-17-21)35-23-9-5-6-10-23/h2-4,7-8,11-12,15-17,23H,5-6,9-10,13-14,18H2,1H3,(H,28,33)(H,30,32). The highest BCUT2D eigenvalue weighted by atomic mass is 16.5. The van der Waals surface area contributed by atoms with Crippen LogP contribution in [0.3, 0.4) is 0 Å². The predicted molar refractivity (Wildman–Crippen MR) is 132 cm³/mol. The summed E-state index contributed by atoms with van der Waals surface area (Å²) in [4.78, 5) is 46.1. The molecule has 2 aromatic heterocycles. The van der Waals surface area contributed by atoms with Crippen molar-refractivity contribution >= 4 is 11.8 Å². The summed E-state index contributed by atoms with van der Waals surface area (Å²) in [6.45, 7) is 2.64. The van der Waals surface area contributed by atoms with Crippen LogP contribution in [0.1, 0.15) is 57.7 Å². The van der Waals surface area contributed by atoms with E-state index in [-0.39, 0.29) is 35.6 Å². The van der Waals surface area contributed by atoms with Crippen LogP contribution in [0.15, 0.2) is 65.6 Å². The highest BCUT2D eigenvalue weighted by molar-refractivity contribution is 5.95. The summed E-state index contributed by atoms with van der Waals surface area (Å²) in [7, 11) is 0. The molecule has 0 saturated heterocycles. The number of rotatable bonds is 9. The lowest BCUT2D eigenvalue weighted by molar-refractivity contribution is 0.0736. The normalized spacial score (nSPS) is 13.4. The number of H-pyrrole nitrogens is 1. The minimum Gasteiger partial charge on any atom is -0.474 e.